The molecule has 4 N–H and O–H groups in total. The van der Waals surface area contributed by atoms with Crippen molar-refractivity contribution in [3.63, 3.8) is 0 Å². The standard InChI is InChI=1S/C7H11NO5S.2CH4/c8-5(9)1-2-14-4(7(12)13)3-6(10)11;;/h4H,1-3H2,(H2,8,9)(H,10,11)(H,12,13);2*1H4. The highest BCUT2D eigenvalue weighted by molar-refractivity contribution is 8.00. The Labute approximate surface area is 99.2 Å². The lowest BCUT2D eigenvalue weighted by Gasteiger charge is -2.07. The topological polar surface area (TPSA) is 118 Å². The summed E-state index contributed by atoms with van der Waals surface area (Å²) < 4.78 is 0. The number of hydrogen-bond donors (Lipinski definition) is 3. The summed E-state index contributed by atoms with van der Waals surface area (Å²) >= 11 is 0.905. The summed E-state index contributed by atoms with van der Waals surface area (Å²) in [6, 6.07) is 0. The normalized spacial score (nSPS) is 10.5. The van der Waals surface area contributed by atoms with Gasteiger partial charge in [0.1, 0.15) is 5.25 Å². The summed E-state index contributed by atoms with van der Waals surface area (Å²) in [6.45, 7) is 0. The third-order valence-corrected chi connectivity index (χ3v) is 2.51. The number of primary amides is 1. The first-order chi connectivity index (χ1) is 6.43. The van der Waals surface area contributed by atoms with Crippen molar-refractivity contribution in [2.45, 2.75) is 32.9 Å². The molecule has 1 atom stereocenters. The zero-order valence-corrected chi connectivity index (χ0v) is 8.12. The Bertz CT molecular complexity index is 244. The number of thioether (sulfide) groups is 1. The fraction of sp³-hybridized carbons (Fsp3) is 0.667. The molecule has 16 heavy (non-hydrogen) atoms. The molecule has 0 aromatic rings. The summed E-state index contributed by atoms with van der Waals surface area (Å²) in [5.41, 5.74) is 4.84. The fourth-order valence-electron chi connectivity index (χ4n) is 0.678. The minimum Gasteiger partial charge on any atom is -0.481 e. The first-order valence-electron chi connectivity index (χ1n) is 3.78. The molecule has 0 bridgehead atoms. The highest BCUT2D eigenvalue weighted by Gasteiger charge is 2.21. The van der Waals surface area contributed by atoms with Gasteiger partial charge in [-0.25, -0.2) is 0 Å². The van der Waals surface area contributed by atoms with Crippen LogP contribution in [0.2, 0.25) is 0 Å². The second-order valence-corrected chi connectivity index (χ2v) is 3.82. The molecule has 0 aliphatic heterocycles. The van der Waals surface area contributed by atoms with Crippen molar-refractivity contribution in [3.05, 3.63) is 0 Å². The third kappa shape index (κ3) is 10.8. The molecule has 0 heterocycles. The second kappa shape index (κ2) is 10.3. The highest BCUT2D eigenvalue weighted by atomic mass is 32.2. The number of carboxylic acids is 2. The first-order valence-corrected chi connectivity index (χ1v) is 4.83. The van der Waals surface area contributed by atoms with Crippen LogP contribution in [0.3, 0.4) is 0 Å². The number of rotatable bonds is 7. The molecule has 0 fully saturated rings. The van der Waals surface area contributed by atoms with Crippen molar-refractivity contribution in [2.24, 2.45) is 5.73 Å². The van der Waals surface area contributed by atoms with Crippen molar-refractivity contribution < 1.29 is 24.6 Å². The summed E-state index contributed by atoms with van der Waals surface area (Å²) in [6.07, 6.45) is -0.410. The molecule has 0 aromatic heterocycles. The van der Waals surface area contributed by atoms with Gasteiger partial charge in [-0.05, 0) is 0 Å². The monoisotopic (exact) mass is 253 g/mol. The van der Waals surface area contributed by atoms with Crippen LogP contribution in [0.1, 0.15) is 27.7 Å². The van der Waals surface area contributed by atoms with E-state index in [4.69, 9.17) is 15.9 Å². The van der Waals surface area contributed by atoms with Crippen LogP contribution in [0, 0.1) is 0 Å². The van der Waals surface area contributed by atoms with Crippen LogP contribution in [-0.2, 0) is 14.4 Å². The van der Waals surface area contributed by atoms with Gasteiger partial charge in [0.2, 0.25) is 5.91 Å². The molecule has 7 heteroatoms. The van der Waals surface area contributed by atoms with Gasteiger partial charge in [0, 0.05) is 12.2 Å². The number of carboxylic acid groups (broad SMARTS) is 2. The lowest BCUT2D eigenvalue weighted by Crippen LogP contribution is -2.21. The van der Waals surface area contributed by atoms with Crippen LogP contribution in [-0.4, -0.2) is 39.1 Å². The number of carbonyl (C=O) groups is 3. The summed E-state index contributed by atoms with van der Waals surface area (Å²) in [7, 11) is 0. The zero-order valence-electron chi connectivity index (χ0n) is 7.30. The van der Waals surface area contributed by atoms with Crippen LogP contribution in [0.25, 0.3) is 0 Å². The summed E-state index contributed by atoms with van der Waals surface area (Å²) in [5.74, 6) is -2.68. The Hall–Kier alpha value is -1.24. The predicted octanol–water partition coefficient (Wildman–Crippen LogP) is 0.795. The molecule has 1 unspecified atom stereocenters. The van der Waals surface area contributed by atoms with Crippen molar-refractivity contribution in [1.29, 1.82) is 0 Å². The van der Waals surface area contributed by atoms with Crippen molar-refractivity contribution in [3.8, 4) is 0 Å². The van der Waals surface area contributed by atoms with E-state index < -0.39 is 29.5 Å². The third-order valence-electron chi connectivity index (χ3n) is 1.30. The first kappa shape index (κ1) is 20.2. The lowest BCUT2D eigenvalue weighted by molar-refractivity contribution is -0.142. The smallest absolute Gasteiger partial charge is 0.317 e. The number of aliphatic carboxylic acids is 2. The van der Waals surface area contributed by atoms with Gasteiger partial charge < -0.3 is 15.9 Å². The number of nitrogens with two attached hydrogens (primary N) is 1. The Morgan fingerprint density at radius 3 is 2.00 bits per heavy atom. The molecular formula is C9H19NO5S. The van der Waals surface area contributed by atoms with Crippen molar-refractivity contribution in [2.75, 3.05) is 5.75 Å². The fourth-order valence-corrected chi connectivity index (χ4v) is 1.68. The Kier molecular flexibility index (Phi) is 13.0. The van der Waals surface area contributed by atoms with Crippen LogP contribution in [0.5, 0.6) is 0 Å². The molecular weight excluding hydrogens is 234 g/mol. The summed E-state index contributed by atoms with van der Waals surface area (Å²) in [4.78, 5) is 31.1. The predicted molar refractivity (Wildman–Crippen MR) is 63.4 cm³/mol. The maximum atomic E-state index is 10.5. The van der Waals surface area contributed by atoms with Gasteiger partial charge in [-0.3, -0.25) is 14.4 Å². The van der Waals surface area contributed by atoms with Crippen molar-refractivity contribution >= 4 is 29.6 Å². The van der Waals surface area contributed by atoms with Crippen LogP contribution < -0.4 is 5.73 Å². The van der Waals surface area contributed by atoms with Crippen LogP contribution in [0.15, 0.2) is 0 Å². The molecule has 0 aliphatic carbocycles. The van der Waals surface area contributed by atoms with Crippen molar-refractivity contribution in [1.82, 2.24) is 0 Å². The molecule has 0 saturated carbocycles. The molecule has 96 valence electrons. The Morgan fingerprint density at radius 1 is 1.19 bits per heavy atom. The SMILES string of the molecule is C.C.NC(=O)CCSC(CC(=O)O)C(=O)O. The zero-order chi connectivity index (χ0) is 11.1. The van der Waals surface area contributed by atoms with E-state index >= 15 is 0 Å². The Balaban J connectivity index is -0.000000845. The van der Waals surface area contributed by atoms with Gasteiger partial charge in [-0.15, -0.1) is 11.8 Å². The van der Waals surface area contributed by atoms with E-state index in [2.05, 4.69) is 0 Å². The van der Waals surface area contributed by atoms with E-state index in [1.807, 2.05) is 0 Å². The van der Waals surface area contributed by atoms with Crippen LogP contribution >= 0.6 is 11.8 Å². The quantitative estimate of drug-likeness (QED) is 0.617. The molecule has 0 rings (SSSR count). The molecule has 0 aliphatic rings. The molecule has 1 amide bonds. The molecule has 6 nitrogen and oxygen atoms in total. The minimum absolute atomic E-state index is 0. The van der Waals surface area contributed by atoms with Gasteiger partial charge in [0.05, 0.1) is 6.42 Å². The maximum absolute atomic E-state index is 10.5. The molecule has 0 radical (unpaired) electrons. The van der Waals surface area contributed by atoms with Gasteiger partial charge in [-0.2, -0.15) is 0 Å². The summed E-state index contributed by atoms with van der Waals surface area (Å²) in [5, 5.41) is 15.9. The number of carbonyl (C=O) groups excluding carboxylic acids is 1. The minimum atomic E-state index is -1.19. The highest BCUT2D eigenvalue weighted by Crippen LogP contribution is 2.15. The molecule has 0 aromatic carbocycles. The van der Waals surface area contributed by atoms with E-state index in [0.717, 1.165) is 11.8 Å². The van der Waals surface area contributed by atoms with Crippen LogP contribution in [0.4, 0.5) is 0 Å². The molecule has 0 saturated heterocycles. The number of hydrogen-bond acceptors (Lipinski definition) is 4. The van der Waals surface area contributed by atoms with Gasteiger partial charge in [0.15, 0.2) is 0 Å². The average molecular weight is 253 g/mol. The van der Waals surface area contributed by atoms with E-state index in [9.17, 15) is 14.4 Å². The van der Waals surface area contributed by atoms with E-state index in [1.165, 1.54) is 0 Å². The number of amides is 1. The lowest BCUT2D eigenvalue weighted by atomic mass is 10.3. The molecule has 0 spiro atoms. The second-order valence-electron chi connectivity index (χ2n) is 2.51. The van der Waals surface area contributed by atoms with E-state index in [1.54, 1.807) is 0 Å². The van der Waals surface area contributed by atoms with Gasteiger partial charge in [-0.1, -0.05) is 14.9 Å². The largest absolute Gasteiger partial charge is 0.481 e. The maximum Gasteiger partial charge on any atom is 0.317 e. The van der Waals surface area contributed by atoms with E-state index in [-0.39, 0.29) is 27.0 Å². The van der Waals surface area contributed by atoms with Gasteiger partial charge in [0.25, 0.3) is 0 Å². The Morgan fingerprint density at radius 2 is 1.69 bits per heavy atom. The average Bonchev–Trinajstić information content (AvgIpc) is 2.00. The van der Waals surface area contributed by atoms with E-state index in [0.29, 0.717) is 0 Å². The van der Waals surface area contributed by atoms with Gasteiger partial charge >= 0.3 is 11.9 Å².